The van der Waals surface area contributed by atoms with Crippen molar-refractivity contribution in [1.29, 1.82) is 0 Å². The summed E-state index contributed by atoms with van der Waals surface area (Å²) in [6.07, 6.45) is -5.55. The van der Waals surface area contributed by atoms with Crippen LogP contribution in [0.3, 0.4) is 0 Å². The van der Waals surface area contributed by atoms with Gasteiger partial charge in [0.2, 0.25) is 0 Å². The number of benzene rings is 1. The number of halogens is 4. The third kappa shape index (κ3) is 6.85. The van der Waals surface area contributed by atoms with Gasteiger partial charge in [0.1, 0.15) is 11.4 Å². The van der Waals surface area contributed by atoms with Crippen LogP contribution in [0.4, 0.5) is 22.4 Å². The Morgan fingerprint density at radius 2 is 1.91 bits per heavy atom. The highest BCUT2D eigenvalue weighted by atomic mass is 19.4. The summed E-state index contributed by atoms with van der Waals surface area (Å²) >= 11 is 0. The fourth-order valence-corrected chi connectivity index (χ4v) is 1.89. The van der Waals surface area contributed by atoms with E-state index in [-0.39, 0.29) is 18.5 Å². The molecule has 0 aliphatic heterocycles. The summed E-state index contributed by atoms with van der Waals surface area (Å²) in [4.78, 5) is 11.5. The van der Waals surface area contributed by atoms with Crippen LogP contribution < -0.4 is 11.1 Å². The van der Waals surface area contributed by atoms with Crippen molar-refractivity contribution in [3.63, 3.8) is 0 Å². The molecular formula is C15H20F4N2O2. The van der Waals surface area contributed by atoms with Crippen molar-refractivity contribution in [2.24, 2.45) is 5.73 Å². The van der Waals surface area contributed by atoms with Crippen molar-refractivity contribution in [2.45, 2.75) is 45.0 Å². The van der Waals surface area contributed by atoms with Crippen LogP contribution in [0.1, 0.15) is 31.9 Å². The number of alkyl carbamates (subject to hydrolysis) is 1. The fraction of sp³-hybridized carbons (Fsp3) is 0.533. The standard InChI is InChI=1S/C15H20F4N2O2/c1-14(2,3)23-13(22)21-8-11(20)7-9-6-10(16)4-5-12(9)15(17,18)19/h4-6,11H,7-8,20H2,1-3H3,(H,21,22). The van der Waals surface area contributed by atoms with Crippen LogP contribution in [0, 0.1) is 5.82 Å². The first-order chi connectivity index (χ1) is 10.4. The highest BCUT2D eigenvalue weighted by Gasteiger charge is 2.33. The molecule has 1 aromatic rings. The Morgan fingerprint density at radius 3 is 2.43 bits per heavy atom. The third-order valence-electron chi connectivity index (χ3n) is 2.76. The summed E-state index contributed by atoms with van der Waals surface area (Å²) in [5.41, 5.74) is 3.83. The van der Waals surface area contributed by atoms with Gasteiger partial charge in [-0.25, -0.2) is 9.18 Å². The van der Waals surface area contributed by atoms with E-state index in [9.17, 15) is 22.4 Å². The molecule has 0 saturated carbocycles. The first-order valence-electron chi connectivity index (χ1n) is 6.96. The van der Waals surface area contributed by atoms with E-state index in [1.54, 1.807) is 20.8 Å². The molecular weight excluding hydrogens is 316 g/mol. The fourth-order valence-electron chi connectivity index (χ4n) is 1.89. The molecule has 0 radical (unpaired) electrons. The monoisotopic (exact) mass is 336 g/mol. The second-order valence-electron chi connectivity index (χ2n) is 6.15. The smallest absolute Gasteiger partial charge is 0.416 e. The van der Waals surface area contributed by atoms with Crippen LogP contribution in [0.5, 0.6) is 0 Å². The molecule has 130 valence electrons. The molecule has 1 atom stereocenters. The maximum atomic E-state index is 13.2. The minimum atomic E-state index is -4.60. The first kappa shape index (κ1) is 19.2. The Labute approximate surface area is 132 Å². The van der Waals surface area contributed by atoms with Crippen LogP contribution in [0.2, 0.25) is 0 Å². The van der Waals surface area contributed by atoms with Gasteiger partial charge in [0.05, 0.1) is 5.56 Å². The summed E-state index contributed by atoms with van der Waals surface area (Å²) in [5, 5.41) is 2.37. The molecule has 3 N–H and O–H groups in total. The molecule has 0 aromatic heterocycles. The average molecular weight is 336 g/mol. The van der Waals surface area contributed by atoms with E-state index < -0.39 is 35.3 Å². The van der Waals surface area contributed by atoms with Gasteiger partial charge in [-0.2, -0.15) is 13.2 Å². The van der Waals surface area contributed by atoms with E-state index in [4.69, 9.17) is 10.5 Å². The molecule has 0 fully saturated rings. The number of hydrogen-bond acceptors (Lipinski definition) is 3. The molecule has 1 amide bonds. The predicted molar refractivity (Wildman–Crippen MR) is 77.3 cm³/mol. The lowest BCUT2D eigenvalue weighted by molar-refractivity contribution is -0.138. The van der Waals surface area contributed by atoms with Crippen molar-refractivity contribution in [3.8, 4) is 0 Å². The quantitative estimate of drug-likeness (QED) is 0.830. The van der Waals surface area contributed by atoms with Crippen molar-refractivity contribution in [3.05, 3.63) is 35.1 Å². The molecule has 23 heavy (non-hydrogen) atoms. The summed E-state index contributed by atoms with van der Waals surface area (Å²) < 4.78 is 56.8. The second-order valence-corrected chi connectivity index (χ2v) is 6.15. The highest BCUT2D eigenvalue weighted by molar-refractivity contribution is 5.67. The van der Waals surface area contributed by atoms with Crippen molar-refractivity contribution < 1.29 is 27.1 Å². The Hall–Kier alpha value is -1.83. The molecule has 1 rings (SSSR count). The number of nitrogens with one attached hydrogen (secondary N) is 1. The van der Waals surface area contributed by atoms with Crippen molar-refractivity contribution in [1.82, 2.24) is 5.32 Å². The van der Waals surface area contributed by atoms with Crippen LogP contribution in [-0.4, -0.2) is 24.3 Å². The number of rotatable bonds is 4. The molecule has 0 spiro atoms. The number of amides is 1. The lowest BCUT2D eigenvalue weighted by atomic mass is 10.00. The lowest BCUT2D eigenvalue weighted by Gasteiger charge is -2.21. The van der Waals surface area contributed by atoms with Crippen molar-refractivity contribution in [2.75, 3.05) is 6.54 Å². The van der Waals surface area contributed by atoms with Gasteiger partial charge < -0.3 is 15.8 Å². The molecule has 0 heterocycles. The Balaban J connectivity index is 2.69. The Morgan fingerprint density at radius 1 is 1.30 bits per heavy atom. The third-order valence-corrected chi connectivity index (χ3v) is 2.76. The number of alkyl halides is 3. The van der Waals surface area contributed by atoms with Gasteiger partial charge in [-0.1, -0.05) is 0 Å². The zero-order chi connectivity index (χ0) is 17.8. The van der Waals surface area contributed by atoms with E-state index in [1.165, 1.54) is 0 Å². The van der Waals surface area contributed by atoms with Gasteiger partial charge in [0, 0.05) is 12.6 Å². The number of carbonyl (C=O) groups is 1. The molecule has 0 saturated heterocycles. The van der Waals surface area contributed by atoms with E-state index in [0.29, 0.717) is 6.07 Å². The van der Waals surface area contributed by atoms with E-state index >= 15 is 0 Å². The largest absolute Gasteiger partial charge is 0.444 e. The van der Waals surface area contributed by atoms with Gasteiger partial charge in [0.15, 0.2) is 0 Å². The second kappa shape index (κ2) is 7.16. The van der Waals surface area contributed by atoms with Crippen LogP contribution in [0.25, 0.3) is 0 Å². The molecule has 4 nitrogen and oxygen atoms in total. The number of ether oxygens (including phenoxy) is 1. The Kier molecular flexibility index (Phi) is 5.98. The minimum Gasteiger partial charge on any atom is -0.444 e. The first-order valence-corrected chi connectivity index (χ1v) is 6.96. The van der Waals surface area contributed by atoms with Gasteiger partial charge in [-0.3, -0.25) is 0 Å². The highest BCUT2D eigenvalue weighted by Crippen LogP contribution is 2.32. The molecule has 1 aromatic carbocycles. The van der Waals surface area contributed by atoms with Gasteiger partial charge in [-0.15, -0.1) is 0 Å². The maximum absolute atomic E-state index is 13.2. The van der Waals surface area contributed by atoms with Crippen LogP contribution in [0.15, 0.2) is 18.2 Å². The Bertz CT molecular complexity index is 553. The summed E-state index contributed by atoms with van der Waals surface area (Å²) in [5.74, 6) is -0.777. The topological polar surface area (TPSA) is 64.3 Å². The zero-order valence-corrected chi connectivity index (χ0v) is 13.1. The van der Waals surface area contributed by atoms with E-state index in [0.717, 1.165) is 12.1 Å². The van der Waals surface area contributed by atoms with Gasteiger partial charge >= 0.3 is 12.3 Å². The van der Waals surface area contributed by atoms with Crippen molar-refractivity contribution >= 4 is 6.09 Å². The summed E-state index contributed by atoms with van der Waals surface area (Å²) in [6.45, 7) is 4.93. The van der Waals surface area contributed by atoms with Gasteiger partial charge in [-0.05, 0) is 51.0 Å². The molecule has 0 aliphatic carbocycles. The molecule has 1 unspecified atom stereocenters. The van der Waals surface area contributed by atoms with Gasteiger partial charge in [0.25, 0.3) is 0 Å². The van der Waals surface area contributed by atoms with Crippen LogP contribution in [-0.2, 0) is 17.3 Å². The molecule has 8 heteroatoms. The summed E-state index contributed by atoms with van der Waals surface area (Å²) in [6, 6.07) is 1.41. The molecule has 0 aliphatic rings. The van der Waals surface area contributed by atoms with E-state index in [1.807, 2.05) is 0 Å². The zero-order valence-electron chi connectivity index (χ0n) is 13.1. The number of carbonyl (C=O) groups excluding carboxylic acids is 1. The number of nitrogens with two attached hydrogens (primary N) is 1. The van der Waals surface area contributed by atoms with Crippen LogP contribution >= 0.6 is 0 Å². The normalized spacial score (nSPS) is 13.6. The number of hydrogen-bond donors (Lipinski definition) is 2. The lowest BCUT2D eigenvalue weighted by Crippen LogP contribution is -2.41. The minimum absolute atomic E-state index is 0.0945. The molecule has 0 bridgehead atoms. The summed E-state index contributed by atoms with van der Waals surface area (Å²) in [7, 11) is 0. The van der Waals surface area contributed by atoms with E-state index in [2.05, 4.69) is 5.32 Å². The SMILES string of the molecule is CC(C)(C)OC(=O)NCC(N)Cc1cc(F)ccc1C(F)(F)F. The average Bonchev–Trinajstić information content (AvgIpc) is 2.32. The maximum Gasteiger partial charge on any atom is 0.416 e. The predicted octanol–water partition coefficient (Wildman–Crippen LogP) is 3.24.